The van der Waals surface area contributed by atoms with Crippen molar-refractivity contribution in [1.82, 2.24) is 0 Å². The van der Waals surface area contributed by atoms with Crippen LogP contribution >= 0.6 is 27.7 Å². The predicted octanol–water partition coefficient (Wildman–Crippen LogP) is 3.83. The van der Waals surface area contributed by atoms with Crippen LogP contribution in [0, 0.1) is 0 Å². The quantitative estimate of drug-likeness (QED) is 0.777. The van der Waals surface area contributed by atoms with E-state index in [1.54, 1.807) is 0 Å². The van der Waals surface area contributed by atoms with Gasteiger partial charge in [-0.05, 0) is 24.0 Å². The maximum absolute atomic E-state index is 3.43. The fourth-order valence-corrected chi connectivity index (χ4v) is 1.60. The maximum atomic E-state index is 3.43. The van der Waals surface area contributed by atoms with Gasteiger partial charge >= 0.3 is 0 Å². The summed E-state index contributed by atoms with van der Waals surface area (Å²) in [7, 11) is 0. The van der Waals surface area contributed by atoms with Crippen LogP contribution in [0.1, 0.15) is 5.56 Å². The molecule has 0 aliphatic heterocycles. The highest BCUT2D eigenvalue weighted by atomic mass is 79.9. The van der Waals surface area contributed by atoms with Gasteiger partial charge in [-0.15, -0.1) is 0 Å². The van der Waals surface area contributed by atoms with Crippen LogP contribution in [0.15, 0.2) is 34.8 Å². The molecule has 0 atom stereocenters. The molecule has 0 saturated carbocycles. The summed E-state index contributed by atoms with van der Waals surface area (Å²) in [5, 5.41) is 0. The summed E-state index contributed by atoms with van der Waals surface area (Å²) >= 11 is 5.26. The Labute approximate surface area is 86.2 Å². The lowest BCUT2D eigenvalue weighted by Crippen LogP contribution is -1.72. The maximum Gasteiger partial charge on any atom is 0.0181 e. The van der Waals surface area contributed by atoms with E-state index in [0.29, 0.717) is 0 Å². The molecule has 1 aromatic carbocycles. The standard InChI is InChI=1S/C10H11BrS/c1-12-7-3-5-9-4-2-6-10(11)8-9/h2-6,8H,7H2,1H3/b5-3+. The van der Waals surface area contributed by atoms with Gasteiger partial charge in [0.1, 0.15) is 0 Å². The zero-order valence-electron chi connectivity index (χ0n) is 6.96. The third kappa shape index (κ3) is 3.46. The molecule has 0 aliphatic carbocycles. The monoisotopic (exact) mass is 242 g/mol. The minimum Gasteiger partial charge on any atom is -0.161 e. The first kappa shape index (κ1) is 9.87. The van der Waals surface area contributed by atoms with Gasteiger partial charge in [-0.2, -0.15) is 11.8 Å². The summed E-state index contributed by atoms with van der Waals surface area (Å²) in [6.45, 7) is 0. The molecule has 2 heteroatoms. The molecule has 0 aliphatic rings. The highest BCUT2D eigenvalue weighted by molar-refractivity contribution is 9.10. The molecular formula is C10H11BrS. The number of benzene rings is 1. The largest absolute Gasteiger partial charge is 0.161 e. The molecule has 1 rings (SSSR count). The first-order valence-corrected chi connectivity index (χ1v) is 5.92. The zero-order valence-corrected chi connectivity index (χ0v) is 9.36. The van der Waals surface area contributed by atoms with Crippen molar-refractivity contribution in [3.8, 4) is 0 Å². The zero-order chi connectivity index (χ0) is 8.81. The van der Waals surface area contributed by atoms with Crippen LogP contribution in [0.2, 0.25) is 0 Å². The molecule has 64 valence electrons. The van der Waals surface area contributed by atoms with Gasteiger partial charge in [-0.25, -0.2) is 0 Å². The number of thioether (sulfide) groups is 1. The van der Waals surface area contributed by atoms with E-state index in [1.165, 1.54) is 5.56 Å². The minimum absolute atomic E-state index is 1.08. The van der Waals surface area contributed by atoms with Gasteiger partial charge in [-0.3, -0.25) is 0 Å². The lowest BCUT2D eigenvalue weighted by atomic mass is 10.2. The second-order valence-corrected chi connectivity index (χ2v) is 4.24. The number of hydrogen-bond donors (Lipinski definition) is 0. The van der Waals surface area contributed by atoms with Crippen LogP contribution in [-0.4, -0.2) is 12.0 Å². The second-order valence-electron chi connectivity index (χ2n) is 2.41. The van der Waals surface area contributed by atoms with Crippen molar-refractivity contribution < 1.29 is 0 Å². The third-order valence-corrected chi connectivity index (χ3v) is 2.44. The molecule has 0 fully saturated rings. The normalized spacial score (nSPS) is 10.8. The minimum atomic E-state index is 1.08. The molecule has 1 aromatic rings. The van der Waals surface area contributed by atoms with E-state index in [1.807, 2.05) is 23.9 Å². The van der Waals surface area contributed by atoms with Crippen molar-refractivity contribution in [3.63, 3.8) is 0 Å². The number of hydrogen-bond acceptors (Lipinski definition) is 1. The Morgan fingerprint density at radius 1 is 1.50 bits per heavy atom. The Balaban J connectivity index is 2.63. The predicted molar refractivity (Wildman–Crippen MR) is 61.6 cm³/mol. The van der Waals surface area contributed by atoms with Gasteiger partial charge in [0.2, 0.25) is 0 Å². The van der Waals surface area contributed by atoms with Crippen molar-refractivity contribution in [2.45, 2.75) is 0 Å². The summed E-state index contributed by atoms with van der Waals surface area (Å²) in [6, 6.07) is 8.28. The van der Waals surface area contributed by atoms with Crippen molar-refractivity contribution in [2.75, 3.05) is 12.0 Å². The van der Waals surface area contributed by atoms with Crippen LogP contribution < -0.4 is 0 Å². The SMILES string of the molecule is CSC/C=C/c1cccc(Br)c1. The summed E-state index contributed by atoms with van der Waals surface area (Å²) in [5.41, 5.74) is 1.25. The van der Waals surface area contributed by atoms with Gasteiger partial charge in [0.05, 0.1) is 0 Å². The first-order chi connectivity index (χ1) is 5.83. The number of halogens is 1. The topological polar surface area (TPSA) is 0 Å². The molecule has 0 nitrogen and oxygen atoms in total. The van der Waals surface area contributed by atoms with Gasteiger partial charge < -0.3 is 0 Å². The Morgan fingerprint density at radius 2 is 2.33 bits per heavy atom. The van der Waals surface area contributed by atoms with E-state index < -0.39 is 0 Å². The highest BCUT2D eigenvalue weighted by Gasteiger charge is 1.86. The average Bonchev–Trinajstić information content (AvgIpc) is 2.05. The highest BCUT2D eigenvalue weighted by Crippen LogP contribution is 2.12. The van der Waals surface area contributed by atoms with E-state index in [0.717, 1.165) is 10.2 Å². The van der Waals surface area contributed by atoms with E-state index in [-0.39, 0.29) is 0 Å². The van der Waals surface area contributed by atoms with Gasteiger partial charge in [-0.1, -0.05) is 40.2 Å². The molecule has 0 bridgehead atoms. The van der Waals surface area contributed by atoms with Gasteiger partial charge in [0.15, 0.2) is 0 Å². The summed E-state index contributed by atoms with van der Waals surface area (Å²) in [6.07, 6.45) is 6.42. The molecular weight excluding hydrogens is 232 g/mol. The summed E-state index contributed by atoms with van der Waals surface area (Å²) in [5.74, 6) is 1.08. The van der Waals surface area contributed by atoms with Gasteiger partial charge in [0.25, 0.3) is 0 Å². The molecule has 0 unspecified atom stereocenters. The molecule has 0 aromatic heterocycles. The second kappa shape index (κ2) is 5.44. The smallest absolute Gasteiger partial charge is 0.0181 e. The number of rotatable bonds is 3. The van der Waals surface area contributed by atoms with E-state index in [2.05, 4.69) is 46.5 Å². The molecule has 0 N–H and O–H groups in total. The Morgan fingerprint density at radius 3 is 3.00 bits per heavy atom. The molecule has 0 spiro atoms. The van der Waals surface area contributed by atoms with Crippen molar-refractivity contribution in [1.29, 1.82) is 0 Å². The lowest BCUT2D eigenvalue weighted by Gasteiger charge is -1.93. The molecule has 0 heterocycles. The van der Waals surface area contributed by atoms with E-state index in [9.17, 15) is 0 Å². The van der Waals surface area contributed by atoms with Crippen molar-refractivity contribution in [2.24, 2.45) is 0 Å². The first-order valence-electron chi connectivity index (χ1n) is 3.74. The fraction of sp³-hybridized carbons (Fsp3) is 0.200. The van der Waals surface area contributed by atoms with Crippen LogP contribution in [0.25, 0.3) is 6.08 Å². The van der Waals surface area contributed by atoms with Crippen LogP contribution in [-0.2, 0) is 0 Å². The summed E-state index contributed by atoms with van der Waals surface area (Å²) in [4.78, 5) is 0. The van der Waals surface area contributed by atoms with Crippen LogP contribution in [0.5, 0.6) is 0 Å². The average molecular weight is 243 g/mol. The Hall–Kier alpha value is -0.210. The Bertz CT molecular complexity index is 268. The Kier molecular flexibility index (Phi) is 4.48. The molecule has 12 heavy (non-hydrogen) atoms. The molecule has 0 amide bonds. The van der Waals surface area contributed by atoms with E-state index in [4.69, 9.17) is 0 Å². The summed E-state index contributed by atoms with van der Waals surface area (Å²) < 4.78 is 1.13. The van der Waals surface area contributed by atoms with Crippen molar-refractivity contribution >= 4 is 33.8 Å². The van der Waals surface area contributed by atoms with Gasteiger partial charge in [0, 0.05) is 10.2 Å². The third-order valence-electron chi connectivity index (χ3n) is 1.42. The van der Waals surface area contributed by atoms with Crippen LogP contribution in [0.3, 0.4) is 0 Å². The van der Waals surface area contributed by atoms with Crippen LogP contribution in [0.4, 0.5) is 0 Å². The van der Waals surface area contributed by atoms with Crippen molar-refractivity contribution in [3.05, 3.63) is 40.4 Å². The molecule has 0 radical (unpaired) electrons. The molecule has 0 saturated heterocycles. The van der Waals surface area contributed by atoms with E-state index >= 15 is 0 Å². The lowest BCUT2D eigenvalue weighted by molar-refractivity contribution is 1.60. The fourth-order valence-electron chi connectivity index (χ4n) is 0.891.